The van der Waals surface area contributed by atoms with Crippen LogP contribution >= 0.6 is 0 Å². The van der Waals surface area contributed by atoms with E-state index < -0.39 is 17.5 Å². The molecule has 0 saturated heterocycles. The van der Waals surface area contributed by atoms with Gasteiger partial charge in [0.25, 0.3) is 5.91 Å². The van der Waals surface area contributed by atoms with Crippen molar-refractivity contribution in [2.45, 2.75) is 6.42 Å². The number of nitrogens with one attached hydrogen (secondary N) is 1. The maximum atomic E-state index is 13.1. The van der Waals surface area contributed by atoms with Gasteiger partial charge in [-0.3, -0.25) is 9.59 Å². The molecule has 6 heteroatoms. The van der Waals surface area contributed by atoms with Crippen molar-refractivity contribution in [3.8, 4) is 0 Å². The van der Waals surface area contributed by atoms with E-state index in [9.17, 15) is 18.4 Å². The lowest BCUT2D eigenvalue weighted by atomic mass is 10.1. The van der Waals surface area contributed by atoms with Crippen LogP contribution in [0.3, 0.4) is 0 Å². The first-order valence-corrected chi connectivity index (χ1v) is 6.61. The van der Waals surface area contributed by atoms with Gasteiger partial charge in [0.2, 0.25) is 5.91 Å². The Morgan fingerprint density at radius 2 is 1.91 bits per heavy atom. The summed E-state index contributed by atoms with van der Waals surface area (Å²) in [5.41, 5.74) is 2.13. The summed E-state index contributed by atoms with van der Waals surface area (Å²) in [5.74, 6) is -2.64. The Labute approximate surface area is 125 Å². The molecular weight excluding hydrogens is 290 g/mol. The summed E-state index contributed by atoms with van der Waals surface area (Å²) in [4.78, 5) is 25.2. The molecule has 0 bridgehead atoms. The SMILES string of the molecule is CN1C(=O)Cc2cc(NC(=O)c3ccc(F)c(F)c3)ccc21. The van der Waals surface area contributed by atoms with Gasteiger partial charge in [0.05, 0.1) is 6.42 Å². The number of carbonyl (C=O) groups excluding carboxylic acids is 2. The Balaban J connectivity index is 1.82. The summed E-state index contributed by atoms with van der Waals surface area (Å²) in [6.07, 6.45) is 0.278. The molecule has 2 aromatic rings. The van der Waals surface area contributed by atoms with Gasteiger partial charge < -0.3 is 10.2 Å². The number of rotatable bonds is 2. The minimum atomic E-state index is -1.08. The van der Waals surface area contributed by atoms with Crippen LogP contribution in [0.25, 0.3) is 0 Å². The Morgan fingerprint density at radius 3 is 2.64 bits per heavy atom. The van der Waals surface area contributed by atoms with Crippen molar-refractivity contribution in [3.63, 3.8) is 0 Å². The zero-order chi connectivity index (χ0) is 15.9. The maximum absolute atomic E-state index is 13.1. The smallest absolute Gasteiger partial charge is 0.255 e. The van der Waals surface area contributed by atoms with E-state index in [0.29, 0.717) is 5.69 Å². The van der Waals surface area contributed by atoms with Crippen LogP contribution in [0.1, 0.15) is 15.9 Å². The second kappa shape index (κ2) is 5.22. The molecule has 0 atom stereocenters. The number of fused-ring (bicyclic) bond motifs is 1. The number of benzene rings is 2. The van der Waals surface area contributed by atoms with E-state index >= 15 is 0 Å². The molecule has 1 heterocycles. The monoisotopic (exact) mass is 302 g/mol. The van der Waals surface area contributed by atoms with E-state index in [1.807, 2.05) is 0 Å². The molecule has 0 saturated carbocycles. The minimum absolute atomic E-state index is 0.0147. The summed E-state index contributed by atoms with van der Waals surface area (Å²) >= 11 is 0. The molecule has 0 aromatic heterocycles. The lowest BCUT2D eigenvalue weighted by Crippen LogP contribution is -2.20. The van der Waals surface area contributed by atoms with Gasteiger partial charge in [-0.2, -0.15) is 0 Å². The highest BCUT2D eigenvalue weighted by Gasteiger charge is 2.24. The van der Waals surface area contributed by atoms with E-state index in [0.717, 1.165) is 23.4 Å². The first-order chi connectivity index (χ1) is 10.5. The van der Waals surface area contributed by atoms with Crippen LogP contribution in [-0.2, 0) is 11.2 Å². The Morgan fingerprint density at radius 1 is 1.14 bits per heavy atom. The fraction of sp³-hybridized carbons (Fsp3) is 0.125. The number of likely N-dealkylation sites (N-methyl/N-ethyl adjacent to an activating group) is 1. The molecule has 0 radical (unpaired) electrons. The molecule has 112 valence electrons. The number of hydrogen-bond donors (Lipinski definition) is 1. The van der Waals surface area contributed by atoms with Crippen molar-refractivity contribution in [2.75, 3.05) is 17.3 Å². The molecule has 4 nitrogen and oxygen atoms in total. The molecule has 22 heavy (non-hydrogen) atoms. The van der Waals surface area contributed by atoms with Crippen LogP contribution in [0.15, 0.2) is 36.4 Å². The van der Waals surface area contributed by atoms with E-state index in [1.54, 1.807) is 30.1 Å². The van der Waals surface area contributed by atoms with Crippen LogP contribution in [-0.4, -0.2) is 18.9 Å². The van der Waals surface area contributed by atoms with Gasteiger partial charge in [-0.05, 0) is 42.0 Å². The van der Waals surface area contributed by atoms with Crippen LogP contribution in [0.4, 0.5) is 20.2 Å². The Kier molecular flexibility index (Phi) is 3.36. The van der Waals surface area contributed by atoms with E-state index in [4.69, 9.17) is 0 Å². The molecule has 3 rings (SSSR count). The summed E-state index contributed by atoms with van der Waals surface area (Å²) in [6, 6.07) is 8.05. The summed E-state index contributed by atoms with van der Waals surface area (Å²) in [7, 11) is 1.69. The van der Waals surface area contributed by atoms with Gasteiger partial charge in [-0.15, -0.1) is 0 Å². The fourth-order valence-electron chi connectivity index (χ4n) is 2.39. The molecule has 2 amide bonds. The predicted octanol–water partition coefficient (Wildman–Crippen LogP) is 2.74. The number of anilines is 2. The first kappa shape index (κ1) is 14.2. The van der Waals surface area contributed by atoms with Crippen LogP contribution < -0.4 is 10.2 Å². The molecule has 1 N–H and O–H groups in total. The highest BCUT2D eigenvalue weighted by atomic mass is 19.2. The zero-order valence-corrected chi connectivity index (χ0v) is 11.7. The van der Waals surface area contributed by atoms with Crippen molar-refractivity contribution in [1.82, 2.24) is 0 Å². The largest absolute Gasteiger partial charge is 0.322 e. The third-order valence-corrected chi connectivity index (χ3v) is 3.60. The number of halogens is 2. The summed E-state index contributed by atoms with van der Waals surface area (Å²) < 4.78 is 26.0. The molecule has 0 unspecified atom stereocenters. The molecule has 2 aromatic carbocycles. The lowest BCUT2D eigenvalue weighted by Gasteiger charge is -2.11. The summed E-state index contributed by atoms with van der Waals surface area (Å²) in [6.45, 7) is 0. The number of nitrogens with zero attached hydrogens (tertiary/aromatic N) is 1. The number of carbonyl (C=O) groups is 2. The van der Waals surface area contributed by atoms with Gasteiger partial charge in [0, 0.05) is 24.0 Å². The van der Waals surface area contributed by atoms with Crippen LogP contribution in [0.2, 0.25) is 0 Å². The molecule has 0 spiro atoms. The van der Waals surface area contributed by atoms with E-state index in [2.05, 4.69) is 5.32 Å². The lowest BCUT2D eigenvalue weighted by molar-refractivity contribution is -0.117. The summed E-state index contributed by atoms with van der Waals surface area (Å²) in [5, 5.41) is 2.61. The van der Waals surface area contributed by atoms with Crippen molar-refractivity contribution in [1.29, 1.82) is 0 Å². The van der Waals surface area contributed by atoms with E-state index in [-0.39, 0.29) is 17.9 Å². The van der Waals surface area contributed by atoms with Crippen molar-refractivity contribution >= 4 is 23.2 Å². The molecule has 0 fully saturated rings. The third kappa shape index (κ3) is 2.43. The molecule has 1 aliphatic heterocycles. The standard InChI is InChI=1S/C16H12F2N2O2/c1-20-14-5-3-11(6-10(14)8-15(20)21)19-16(22)9-2-4-12(17)13(18)7-9/h2-7H,8H2,1H3,(H,19,22). The van der Waals surface area contributed by atoms with Crippen LogP contribution in [0.5, 0.6) is 0 Å². The normalized spacial score (nSPS) is 13.2. The average Bonchev–Trinajstić information content (AvgIpc) is 2.76. The average molecular weight is 302 g/mol. The third-order valence-electron chi connectivity index (χ3n) is 3.60. The quantitative estimate of drug-likeness (QED) is 0.927. The van der Waals surface area contributed by atoms with Gasteiger partial charge in [0.1, 0.15) is 0 Å². The maximum Gasteiger partial charge on any atom is 0.255 e. The zero-order valence-electron chi connectivity index (χ0n) is 11.7. The van der Waals surface area contributed by atoms with E-state index in [1.165, 1.54) is 6.07 Å². The van der Waals surface area contributed by atoms with Crippen molar-refractivity contribution < 1.29 is 18.4 Å². The fourth-order valence-corrected chi connectivity index (χ4v) is 2.39. The number of hydrogen-bond acceptors (Lipinski definition) is 2. The van der Waals surface area contributed by atoms with Gasteiger partial charge in [-0.25, -0.2) is 8.78 Å². The predicted molar refractivity (Wildman–Crippen MR) is 77.9 cm³/mol. The highest BCUT2D eigenvalue weighted by Crippen LogP contribution is 2.30. The van der Waals surface area contributed by atoms with Crippen molar-refractivity contribution in [3.05, 3.63) is 59.2 Å². The second-order valence-corrected chi connectivity index (χ2v) is 5.06. The second-order valence-electron chi connectivity index (χ2n) is 5.06. The Bertz CT molecular complexity index is 790. The topological polar surface area (TPSA) is 49.4 Å². The van der Waals surface area contributed by atoms with Gasteiger partial charge in [-0.1, -0.05) is 0 Å². The first-order valence-electron chi connectivity index (χ1n) is 6.61. The number of amides is 2. The van der Waals surface area contributed by atoms with Crippen LogP contribution in [0, 0.1) is 11.6 Å². The van der Waals surface area contributed by atoms with Gasteiger partial charge in [0.15, 0.2) is 11.6 Å². The van der Waals surface area contributed by atoms with Gasteiger partial charge >= 0.3 is 0 Å². The van der Waals surface area contributed by atoms with Crippen molar-refractivity contribution in [2.24, 2.45) is 0 Å². The molecular formula is C16H12F2N2O2. The molecule has 1 aliphatic rings. The Hall–Kier alpha value is -2.76. The minimum Gasteiger partial charge on any atom is -0.322 e. The highest BCUT2D eigenvalue weighted by molar-refractivity contribution is 6.05. The molecule has 0 aliphatic carbocycles.